The van der Waals surface area contributed by atoms with Gasteiger partial charge < -0.3 is 10.0 Å². The van der Waals surface area contributed by atoms with Crippen LogP contribution in [0.15, 0.2) is 29.2 Å². The largest absolute Gasteiger partial charge is 0.481 e. The van der Waals surface area contributed by atoms with Gasteiger partial charge in [0.25, 0.3) is 5.91 Å². The molecule has 0 bridgehead atoms. The van der Waals surface area contributed by atoms with Crippen LogP contribution >= 0.6 is 0 Å². The predicted octanol–water partition coefficient (Wildman–Crippen LogP) is 2.09. The average Bonchev–Trinajstić information content (AvgIpc) is 2.52. The molecule has 1 aliphatic heterocycles. The molecule has 0 aliphatic carbocycles. The van der Waals surface area contributed by atoms with E-state index in [2.05, 4.69) is 4.72 Å². The molecule has 1 fully saturated rings. The molecular formula is C18H26N2O5S. The van der Waals surface area contributed by atoms with Gasteiger partial charge in [-0.15, -0.1) is 0 Å². The minimum absolute atomic E-state index is 0.0518. The Kier molecular flexibility index (Phi) is 5.77. The van der Waals surface area contributed by atoms with E-state index in [0.717, 1.165) is 0 Å². The van der Waals surface area contributed by atoms with Gasteiger partial charge in [0.15, 0.2) is 0 Å². The first kappa shape index (κ1) is 20.4. The van der Waals surface area contributed by atoms with Gasteiger partial charge in [-0.2, -0.15) is 0 Å². The molecule has 1 saturated heterocycles. The summed E-state index contributed by atoms with van der Waals surface area (Å²) in [6, 6.07) is 5.67. The molecule has 1 aromatic carbocycles. The molecule has 0 aromatic heterocycles. The van der Waals surface area contributed by atoms with Gasteiger partial charge in [-0.3, -0.25) is 9.59 Å². The van der Waals surface area contributed by atoms with Gasteiger partial charge in [0.2, 0.25) is 10.0 Å². The minimum atomic E-state index is -3.67. The van der Waals surface area contributed by atoms with Crippen molar-refractivity contribution in [3.8, 4) is 0 Å². The molecule has 2 unspecified atom stereocenters. The minimum Gasteiger partial charge on any atom is -0.481 e. The molecule has 0 radical (unpaired) electrons. The molecule has 0 spiro atoms. The Morgan fingerprint density at radius 2 is 1.73 bits per heavy atom. The second-order valence-corrected chi connectivity index (χ2v) is 9.48. The number of carbonyl (C=O) groups is 2. The van der Waals surface area contributed by atoms with Crippen LogP contribution in [0, 0.1) is 5.92 Å². The maximum Gasteiger partial charge on any atom is 0.308 e. The van der Waals surface area contributed by atoms with Crippen LogP contribution in [-0.2, 0) is 14.8 Å². The summed E-state index contributed by atoms with van der Waals surface area (Å²) in [7, 11) is -3.67. The Bertz CT molecular complexity index is 781. The third-order valence-electron chi connectivity index (χ3n) is 4.34. The number of hydrogen-bond acceptors (Lipinski definition) is 4. The number of nitrogens with one attached hydrogen (secondary N) is 1. The number of amides is 1. The van der Waals surface area contributed by atoms with Crippen LogP contribution < -0.4 is 4.72 Å². The number of benzene rings is 1. The molecule has 2 atom stereocenters. The maximum atomic E-state index is 12.7. The van der Waals surface area contributed by atoms with Crippen LogP contribution in [0.1, 0.15) is 50.9 Å². The summed E-state index contributed by atoms with van der Waals surface area (Å²) in [6.07, 6.45) is 1.18. The second kappa shape index (κ2) is 7.36. The number of hydrogen-bond donors (Lipinski definition) is 2. The second-order valence-electron chi connectivity index (χ2n) is 7.80. The van der Waals surface area contributed by atoms with E-state index in [1.165, 1.54) is 24.3 Å². The van der Waals surface area contributed by atoms with Crippen LogP contribution in [0.2, 0.25) is 0 Å². The van der Waals surface area contributed by atoms with Crippen molar-refractivity contribution >= 4 is 21.9 Å². The molecule has 1 amide bonds. The summed E-state index contributed by atoms with van der Waals surface area (Å²) in [5.74, 6) is -1.74. The van der Waals surface area contributed by atoms with Crippen molar-refractivity contribution in [3.05, 3.63) is 29.8 Å². The first-order chi connectivity index (χ1) is 11.9. The van der Waals surface area contributed by atoms with Gasteiger partial charge in [0.1, 0.15) is 0 Å². The van der Waals surface area contributed by atoms with Gasteiger partial charge in [-0.05, 0) is 64.8 Å². The van der Waals surface area contributed by atoms with E-state index in [9.17, 15) is 23.1 Å². The fourth-order valence-corrected chi connectivity index (χ4v) is 4.41. The molecule has 1 aromatic rings. The predicted molar refractivity (Wildman–Crippen MR) is 97.4 cm³/mol. The molecule has 1 aliphatic rings. The van der Waals surface area contributed by atoms with E-state index < -0.39 is 27.4 Å². The van der Waals surface area contributed by atoms with Crippen molar-refractivity contribution in [2.45, 2.75) is 57.0 Å². The lowest BCUT2D eigenvalue weighted by atomic mass is 9.93. The number of rotatable bonds is 4. The van der Waals surface area contributed by atoms with Crippen LogP contribution in [0.5, 0.6) is 0 Å². The van der Waals surface area contributed by atoms with E-state index in [4.69, 9.17) is 0 Å². The zero-order valence-electron chi connectivity index (χ0n) is 15.5. The van der Waals surface area contributed by atoms with Crippen molar-refractivity contribution in [3.63, 3.8) is 0 Å². The lowest BCUT2D eigenvalue weighted by molar-refractivity contribution is -0.143. The molecule has 2 N–H and O–H groups in total. The zero-order chi connectivity index (χ0) is 19.7. The highest BCUT2D eigenvalue weighted by Crippen LogP contribution is 2.24. The van der Waals surface area contributed by atoms with Crippen LogP contribution in [0.4, 0.5) is 0 Å². The Morgan fingerprint density at radius 3 is 2.23 bits per heavy atom. The topological polar surface area (TPSA) is 104 Å². The number of sulfonamides is 1. The Balaban J connectivity index is 2.19. The molecule has 2 rings (SSSR count). The first-order valence-electron chi connectivity index (χ1n) is 8.58. The number of likely N-dealkylation sites (tertiary alicyclic amines) is 1. The fourth-order valence-electron chi connectivity index (χ4n) is 3.00. The summed E-state index contributed by atoms with van der Waals surface area (Å²) in [5.41, 5.74) is -0.264. The molecule has 144 valence electrons. The van der Waals surface area contributed by atoms with E-state index in [0.29, 0.717) is 18.4 Å². The number of piperidine rings is 1. The molecule has 1 heterocycles. The molecular weight excluding hydrogens is 356 g/mol. The summed E-state index contributed by atoms with van der Waals surface area (Å²) in [5, 5.41) is 9.20. The third-order valence-corrected chi connectivity index (χ3v) is 6.12. The summed E-state index contributed by atoms with van der Waals surface area (Å²) in [4.78, 5) is 25.6. The fraction of sp³-hybridized carbons (Fsp3) is 0.556. The smallest absolute Gasteiger partial charge is 0.308 e. The zero-order valence-corrected chi connectivity index (χ0v) is 16.3. The third kappa shape index (κ3) is 4.82. The van der Waals surface area contributed by atoms with Gasteiger partial charge in [-0.1, -0.05) is 0 Å². The number of carboxylic acid groups (broad SMARTS) is 1. The molecule has 26 heavy (non-hydrogen) atoms. The van der Waals surface area contributed by atoms with Crippen molar-refractivity contribution in [2.24, 2.45) is 5.92 Å². The van der Waals surface area contributed by atoms with Gasteiger partial charge in [-0.25, -0.2) is 13.1 Å². The van der Waals surface area contributed by atoms with Gasteiger partial charge >= 0.3 is 5.97 Å². The van der Waals surface area contributed by atoms with E-state index in [1.54, 1.807) is 25.7 Å². The highest BCUT2D eigenvalue weighted by atomic mass is 32.2. The van der Waals surface area contributed by atoms with Crippen LogP contribution in [0.25, 0.3) is 0 Å². The van der Waals surface area contributed by atoms with E-state index >= 15 is 0 Å². The first-order valence-corrected chi connectivity index (χ1v) is 10.1. The Labute approximate surface area is 154 Å². The molecule has 8 heteroatoms. The summed E-state index contributed by atoms with van der Waals surface area (Å²) in [6.45, 7) is 7.31. The Morgan fingerprint density at radius 1 is 1.15 bits per heavy atom. The highest BCUT2D eigenvalue weighted by Gasteiger charge is 2.33. The van der Waals surface area contributed by atoms with Crippen molar-refractivity contribution in [2.75, 3.05) is 6.54 Å². The van der Waals surface area contributed by atoms with Gasteiger partial charge in [0, 0.05) is 23.7 Å². The SMILES string of the molecule is CC1CCC(C(=O)O)CN1C(=O)c1ccc(S(=O)(=O)NC(C)(C)C)cc1. The molecule has 0 saturated carbocycles. The van der Waals surface area contributed by atoms with Crippen molar-refractivity contribution in [1.29, 1.82) is 0 Å². The normalized spacial score (nSPS) is 21.5. The number of aliphatic carboxylic acids is 1. The Hall–Kier alpha value is -1.93. The van der Waals surface area contributed by atoms with E-state index in [1.807, 2.05) is 6.92 Å². The summed E-state index contributed by atoms with van der Waals surface area (Å²) >= 11 is 0. The number of carboxylic acids is 1. The lowest BCUT2D eigenvalue weighted by Gasteiger charge is -2.36. The van der Waals surface area contributed by atoms with Crippen LogP contribution in [-0.4, -0.2) is 48.4 Å². The summed E-state index contributed by atoms with van der Waals surface area (Å²) < 4.78 is 27.2. The van der Waals surface area contributed by atoms with Crippen molar-refractivity contribution in [1.82, 2.24) is 9.62 Å². The highest BCUT2D eigenvalue weighted by molar-refractivity contribution is 7.89. The lowest BCUT2D eigenvalue weighted by Crippen LogP contribution is -2.47. The quantitative estimate of drug-likeness (QED) is 0.830. The van der Waals surface area contributed by atoms with Gasteiger partial charge in [0.05, 0.1) is 10.8 Å². The average molecular weight is 382 g/mol. The number of carbonyl (C=O) groups excluding carboxylic acids is 1. The van der Waals surface area contributed by atoms with Crippen LogP contribution in [0.3, 0.4) is 0 Å². The van der Waals surface area contributed by atoms with Crippen molar-refractivity contribution < 1.29 is 23.1 Å². The molecule has 7 nitrogen and oxygen atoms in total. The number of nitrogens with zero attached hydrogens (tertiary/aromatic N) is 1. The maximum absolute atomic E-state index is 12.7. The van der Waals surface area contributed by atoms with E-state index in [-0.39, 0.29) is 23.4 Å². The standard InChI is InChI=1S/C18H26N2O5S/c1-12-5-6-14(17(22)23)11-20(12)16(21)13-7-9-15(10-8-13)26(24,25)19-18(2,3)4/h7-10,12,14,19H,5-6,11H2,1-4H3,(H,22,23). The monoisotopic (exact) mass is 382 g/mol.